The molecular weight excluding hydrogens is 302 g/mol. The molecule has 0 aromatic heterocycles. The van der Waals surface area contributed by atoms with Crippen LogP contribution in [0, 0.1) is 5.92 Å². The summed E-state index contributed by atoms with van der Waals surface area (Å²) in [6.45, 7) is 1.41. The zero-order chi connectivity index (χ0) is 16.9. The molecule has 130 valence electrons. The smallest absolute Gasteiger partial charge is 0.317 e. The van der Waals surface area contributed by atoms with Crippen LogP contribution in [0.1, 0.15) is 55.7 Å². The van der Waals surface area contributed by atoms with Gasteiger partial charge < -0.3 is 16.0 Å². The third kappa shape index (κ3) is 4.08. The molecule has 1 fully saturated rings. The van der Waals surface area contributed by atoms with Crippen molar-refractivity contribution in [1.29, 1.82) is 0 Å². The molecule has 2 aliphatic rings. The van der Waals surface area contributed by atoms with E-state index in [1.54, 1.807) is 0 Å². The summed E-state index contributed by atoms with van der Waals surface area (Å²) in [5.41, 5.74) is 7.90. The second-order valence-corrected chi connectivity index (χ2v) is 7.05. The van der Waals surface area contributed by atoms with Gasteiger partial charge in [-0.05, 0) is 49.1 Å². The Bertz CT molecular complexity index is 594. The Hall–Kier alpha value is -2.04. The van der Waals surface area contributed by atoms with Crippen LogP contribution in [0.3, 0.4) is 0 Å². The van der Waals surface area contributed by atoms with Crippen molar-refractivity contribution in [2.75, 3.05) is 13.1 Å². The van der Waals surface area contributed by atoms with Gasteiger partial charge in [0.1, 0.15) is 0 Å². The summed E-state index contributed by atoms with van der Waals surface area (Å²) in [6.07, 6.45) is 6.57. The first-order chi connectivity index (χ1) is 11.6. The average Bonchev–Trinajstić information content (AvgIpc) is 2.77. The lowest BCUT2D eigenvalue weighted by molar-refractivity contribution is -0.119. The summed E-state index contributed by atoms with van der Waals surface area (Å²) in [5, 5.41) is 3.24. The van der Waals surface area contributed by atoms with E-state index in [-0.39, 0.29) is 18.0 Å². The highest BCUT2D eigenvalue weighted by molar-refractivity contribution is 5.75. The highest BCUT2D eigenvalue weighted by Crippen LogP contribution is 2.29. The van der Waals surface area contributed by atoms with Crippen molar-refractivity contribution in [2.24, 2.45) is 11.7 Å². The maximum Gasteiger partial charge on any atom is 0.317 e. The van der Waals surface area contributed by atoms with Crippen molar-refractivity contribution >= 4 is 11.9 Å². The molecule has 5 heteroatoms. The van der Waals surface area contributed by atoms with E-state index in [1.165, 1.54) is 17.5 Å². The average molecular weight is 329 g/mol. The van der Waals surface area contributed by atoms with Gasteiger partial charge in [-0.3, -0.25) is 4.79 Å². The highest BCUT2D eigenvalue weighted by atomic mass is 16.2. The topological polar surface area (TPSA) is 75.4 Å². The van der Waals surface area contributed by atoms with Gasteiger partial charge in [-0.1, -0.05) is 30.7 Å². The molecule has 0 radical (unpaired) electrons. The number of fused-ring (bicyclic) bond motifs is 1. The normalized spacial score (nSPS) is 21.7. The largest absolute Gasteiger partial charge is 0.370 e. The number of nitrogens with one attached hydrogen (secondary N) is 1. The summed E-state index contributed by atoms with van der Waals surface area (Å²) in [6, 6.07) is 8.58. The van der Waals surface area contributed by atoms with Gasteiger partial charge in [0.2, 0.25) is 5.91 Å². The fraction of sp³-hybridized carbons (Fsp3) is 0.579. The van der Waals surface area contributed by atoms with Gasteiger partial charge in [0.05, 0.1) is 6.04 Å². The van der Waals surface area contributed by atoms with Gasteiger partial charge >= 0.3 is 6.03 Å². The van der Waals surface area contributed by atoms with Gasteiger partial charge in [-0.15, -0.1) is 0 Å². The van der Waals surface area contributed by atoms with E-state index in [0.29, 0.717) is 25.4 Å². The molecule has 3 N–H and O–H groups in total. The van der Waals surface area contributed by atoms with E-state index < -0.39 is 0 Å². The van der Waals surface area contributed by atoms with Crippen molar-refractivity contribution in [3.05, 3.63) is 35.4 Å². The maximum absolute atomic E-state index is 12.6. The summed E-state index contributed by atoms with van der Waals surface area (Å²) < 4.78 is 0. The maximum atomic E-state index is 12.6. The fourth-order valence-corrected chi connectivity index (χ4v) is 3.94. The van der Waals surface area contributed by atoms with Crippen molar-refractivity contribution in [2.45, 2.75) is 51.0 Å². The molecule has 1 aromatic carbocycles. The van der Waals surface area contributed by atoms with Crippen molar-refractivity contribution < 1.29 is 9.59 Å². The summed E-state index contributed by atoms with van der Waals surface area (Å²) in [5.74, 6) is 0.0816. The van der Waals surface area contributed by atoms with E-state index in [2.05, 4.69) is 29.6 Å². The lowest BCUT2D eigenvalue weighted by Gasteiger charge is -2.33. The second-order valence-electron chi connectivity index (χ2n) is 7.05. The molecule has 1 heterocycles. The Morgan fingerprint density at radius 1 is 1.12 bits per heavy atom. The number of aryl methyl sites for hydroxylation is 1. The molecule has 0 spiro atoms. The Morgan fingerprint density at radius 3 is 2.62 bits per heavy atom. The fourth-order valence-electron chi connectivity index (χ4n) is 3.94. The zero-order valence-corrected chi connectivity index (χ0v) is 14.2. The number of likely N-dealkylation sites (tertiary alicyclic amines) is 1. The van der Waals surface area contributed by atoms with E-state index in [1.807, 2.05) is 4.90 Å². The molecule has 3 rings (SSSR count). The molecule has 5 nitrogen and oxygen atoms in total. The summed E-state index contributed by atoms with van der Waals surface area (Å²) >= 11 is 0. The van der Waals surface area contributed by atoms with Crippen LogP contribution in [0.15, 0.2) is 24.3 Å². The Labute approximate surface area is 143 Å². The molecule has 0 bridgehead atoms. The monoisotopic (exact) mass is 329 g/mol. The molecule has 1 unspecified atom stereocenters. The first-order valence-corrected chi connectivity index (χ1v) is 9.05. The van der Waals surface area contributed by atoms with Crippen molar-refractivity contribution in [3.8, 4) is 0 Å². The SMILES string of the molecule is NC(=O)CC1CCN(C(=O)NC2CCCCc3ccccc32)CC1. The summed E-state index contributed by atoms with van der Waals surface area (Å²) in [7, 11) is 0. The first kappa shape index (κ1) is 16.8. The van der Waals surface area contributed by atoms with E-state index in [4.69, 9.17) is 5.73 Å². The minimum Gasteiger partial charge on any atom is -0.370 e. The lowest BCUT2D eigenvalue weighted by atomic mass is 9.93. The number of primary amides is 1. The lowest BCUT2D eigenvalue weighted by Crippen LogP contribution is -2.46. The number of urea groups is 1. The number of nitrogens with two attached hydrogens (primary N) is 1. The Morgan fingerprint density at radius 2 is 1.88 bits per heavy atom. The molecule has 1 aliphatic heterocycles. The number of piperidine rings is 1. The highest BCUT2D eigenvalue weighted by Gasteiger charge is 2.26. The van der Waals surface area contributed by atoms with E-state index >= 15 is 0 Å². The molecular formula is C19H27N3O2. The van der Waals surface area contributed by atoms with Gasteiger partial charge in [-0.25, -0.2) is 4.79 Å². The molecule has 1 aromatic rings. The number of hydrogen-bond acceptors (Lipinski definition) is 2. The molecule has 1 aliphatic carbocycles. The number of benzene rings is 1. The Balaban J connectivity index is 1.58. The molecule has 3 amide bonds. The van der Waals surface area contributed by atoms with E-state index in [0.717, 1.165) is 32.1 Å². The molecule has 1 atom stereocenters. The minimum absolute atomic E-state index is 0.0224. The summed E-state index contributed by atoms with van der Waals surface area (Å²) in [4.78, 5) is 25.5. The van der Waals surface area contributed by atoms with Gasteiger partial charge in [-0.2, -0.15) is 0 Å². The van der Waals surface area contributed by atoms with Crippen molar-refractivity contribution in [1.82, 2.24) is 10.2 Å². The molecule has 24 heavy (non-hydrogen) atoms. The van der Waals surface area contributed by atoms with Crippen LogP contribution in [0.5, 0.6) is 0 Å². The first-order valence-electron chi connectivity index (χ1n) is 9.05. The van der Waals surface area contributed by atoms with E-state index in [9.17, 15) is 9.59 Å². The van der Waals surface area contributed by atoms with Crippen LogP contribution in [0.25, 0.3) is 0 Å². The van der Waals surface area contributed by atoms with Crippen LogP contribution < -0.4 is 11.1 Å². The van der Waals surface area contributed by atoms with Crippen LogP contribution in [-0.2, 0) is 11.2 Å². The number of amides is 3. The number of carbonyl (C=O) groups is 2. The standard InChI is InChI=1S/C19H27N3O2/c20-18(23)13-14-9-11-22(12-10-14)19(24)21-17-8-4-2-6-15-5-1-3-7-16(15)17/h1,3,5,7,14,17H,2,4,6,8-13H2,(H2,20,23)(H,21,24). The zero-order valence-electron chi connectivity index (χ0n) is 14.2. The molecule has 0 saturated carbocycles. The van der Waals surface area contributed by atoms with Crippen LogP contribution in [0.4, 0.5) is 4.79 Å². The predicted molar refractivity (Wildman–Crippen MR) is 93.4 cm³/mol. The number of hydrogen-bond donors (Lipinski definition) is 2. The predicted octanol–water partition coefficient (Wildman–Crippen LogP) is 2.75. The number of rotatable bonds is 3. The quantitative estimate of drug-likeness (QED) is 0.837. The Kier molecular flexibility index (Phi) is 5.38. The third-order valence-corrected chi connectivity index (χ3v) is 5.31. The van der Waals surface area contributed by atoms with Crippen LogP contribution in [-0.4, -0.2) is 29.9 Å². The van der Waals surface area contributed by atoms with Crippen molar-refractivity contribution in [3.63, 3.8) is 0 Å². The van der Waals surface area contributed by atoms with Gasteiger partial charge in [0.15, 0.2) is 0 Å². The third-order valence-electron chi connectivity index (χ3n) is 5.31. The number of nitrogens with zero attached hydrogens (tertiary/aromatic N) is 1. The van der Waals surface area contributed by atoms with Crippen LogP contribution >= 0.6 is 0 Å². The minimum atomic E-state index is -0.243. The van der Waals surface area contributed by atoms with Gasteiger partial charge in [0.25, 0.3) is 0 Å². The number of carbonyl (C=O) groups excluding carboxylic acids is 2. The van der Waals surface area contributed by atoms with Crippen LogP contribution in [0.2, 0.25) is 0 Å². The second kappa shape index (κ2) is 7.69. The van der Waals surface area contributed by atoms with Gasteiger partial charge in [0, 0.05) is 19.5 Å². The molecule has 1 saturated heterocycles.